The molecule has 0 saturated carbocycles. The lowest BCUT2D eigenvalue weighted by atomic mass is 9.95. The standard InChI is InChI=1S/C29H35F3N2O6/c1-18(2)22-8-6-19(14-23(22)29(30,31)32)17-39-21-7-9-24-20(15-21)10-13-34(24)25(35)16-33(12-11-26(36)37)27(38)40-28(3,4)5/h6-9,14-15,18H,10-13,16-17H2,1-5H3,(H,36,37). The Bertz CT molecular complexity index is 1250. The first-order valence-corrected chi connectivity index (χ1v) is 13.0. The van der Waals surface area contributed by atoms with Crippen LogP contribution in [0.4, 0.5) is 23.7 Å². The first kappa shape index (κ1) is 30.8. The van der Waals surface area contributed by atoms with E-state index in [0.29, 0.717) is 30.0 Å². The van der Waals surface area contributed by atoms with Gasteiger partial charge in [0, 0.05) is 18.8 Å². The van der Waals surface area contributed by atoms with Gasteiger partial charge in [-0.25, -0.2) is 4.79 Å². The van der Waals surface area contributed by atoms with Gasteiger partial charge in [0.25, 0.3) is 0 Å². The second-order valence-electron chi connectivity index (χ2n) is 11.0. The van der Waals surface area contributed by atoms with E-state index in [4.69, 9.17) is 14.6 Å². The monoisotopic (exact) mass is 564 g/mol. The van der Waals surface area contributed by atoms with Crippen LogP contribution in [0.3, 0.4) is 0 Å². The number of amides is 2. The number of alkyl halides is 3. The molecule has 1 heterocycles. The smallest absolute Gasteiger partial charge is 0.416 e. The molecule has 0 bridgehead atoms. The highest BCUT2D eigenvalue weighted by Crippen LogP contribution is 2.36. The molecule has 218 valence electrons. The molecule has 0 spiro atoms. The molecule has 0 saturated heterocycles. The van der Waals surface area contributed by atoms with Gasteiger partial charge in [-0.2, -0.15) is 13.2 Å². The normalized spacial score (nSPS) is 13.3. The zero-order valence-electron chi connectivity index (χ0n) is 23.3. The molecule has 3 rings (SSSR count). The number of carboxylic acids is 1. The van der Waals surface area contributed by atoms with Crippen molar-refractivity contribution in [3.05, 3.63) is 58.7 Å². The van der Waals surface area contributed by atoms with E-state index in [0.717, 1.165) is 16.5 Å². The van der Waals surface area contributed by atoms with Crippen molar-refractivity contribution in [3.8, 4) is 5.75 Å². The van der Waals surface area contributed by atoms with E-state index in [1.165, 1.54) is 11.0 Å². The number of carboxylic acid groups (broad SMARTS) is 1. The van der Waals surface area contributed by atoms with Gasteiger partial charge in [-0.15, -0.1) is 0 Å². The van der Waals surface area contributed by atoms with Crippen molar-refractivity contribution in [1.82, 2.24) is 4.90 Å². The second-order valence-corrected chi connectivity index (χ2v) is 11.0. The van der Waals surface area contributed by atoms with Crippen LogP contribution in [-0.4, -0.2) is 53.2 Å². The average molecular weight is 565 g/mol. The molecule has 2 amide bonds. The minimum atomic E-state index is -4.47. The molecule has 0 aromatic heterocycles. The van der Waals surface area contributed by atoms with Gasteiger partial charge >= 0.3 is 18.2 Å². The number of rotatable bonds is 9. The number of ether oxygens (including phenoxy) is 2. The number of anilines is 1. The Labute approximate surface area is 231 Å². The highest BCUT2D eigenvalue weighted by molar-refractivity contribution is 5.98. The molecule has 11 heteroatoms. The average Bonchev–Trinajstić information content (AvgIpc) is 3.26. The number of halogens is 3. The van der Waals surface area contributed by atoms with Crippen LogP contribution in [0.15, 0.2) is 36.4 Å². The summed E-state index contributed by atoms with van der Waals surface area (Å²) in [4.78, 5) is 39.4. The number of hydrogen-bond donors (Lipinski definition) is 1. The molecule has 2 aromatic carbocycles. The lowest BCUT2D eigenvalue weighted by Gasteiger charge is -2.28. The molecule has 2 aromatic rings. The van der Waals surface area contributed by atoms with Crippen LogP contribution < -0.4 is 9.64 Å². The van der Waals surface area contributed by atoms with Crippen molar-refractivity contribution >= 4 is 23.7 Å². The number of carbonyl (C=O) groups is 3. The summed E-state index contributed by atoms with van der Waals surface area (Å²) in [5.41, 5.74) is 0.565. The van der Waals surface area contributed by atoms with Gasteiger partial charge in [0.15, 0.2) is 0 Å². The fourth-order valence-electron chi connectivity index (χ4n) is 4.38. The van der Waals surface area contributed by atoms with Crippen LogP contribution in [0.2, 0.25) is 0 Å². The molecule has 0 aliphatic carbocycles. The van der Waals surface area contributed by atoms with Crippen molar-refractivity contribution in [2.75, 3.05) is 24.5 Å². The Morgan fingerprint density at radius 2 is 1.77 bits per heavy atom. The van der Waals surface area contributed by atoms with Crippen LogP contribution in [0.1, 0.15) is 69.2 Å². The van der Waals surface area contributed by atoms with Crippen molar-refractivity contribution in [2.24, 2.45) is 0 Å². The van der Waals surface area contributed by atoms with Gasteiger partial charge in [0.05, 0.1) is 12.0 Å². The van der Waals surface area contributed by atoms with E-state index < -0.39 is 35.3 Å². The summed E-state index contributed by atoms with van der Waals surface area (Å²) in [6.45, 7) is 8.21. The first-order chi connectivity index (χ1) is 18.5. The maximum Gasteiger partial charge on any atom is 0.416 e. The van der Waals surface area contributed by atoms with E-state index in [2.05, 4.69) is 0 Å². The van der Waals surface area contributed by atoms with Crippen molar-refractivity contribution in [3.63, 3.8) is 0 Å². The molecule has 1 aliphatic heterocycles. The Kier molecular flexibility index (Phi) is 9.37. The maximum atomic E-state index is 13.6. The summed E-state index contributed by atoms with van der Waals surface area (Å²) in [5, 5.41) is 9.04. The molecule has 1 N–H and O–H groups in total. The van der Waals surface area contributed by atoms with Gasteiger partial charge in [-0.1, -0.05) is 26.0 Å². The van der Waals surface area contributed by atoms with E-state index in [9.17, 15) is 27.6 Å². The molecule has 1 aliphatic rings. The number of fused-ring (bicyclic) bond motifs is 1. The fourth-order valence-corrected chi connectivity index (χ4v) is 4.38. The van der Waals surface area contributed by atoms with Crippen LogP contribution >= 0.6 is 0 Å². The minimum Gasteiger partial charge on any atom is -0.489 e. The SMILES string of the molecule is CC(C)c1ccc(COc2ccc3c(c2)CCN3C(=O)CN(CCC(=O)O)C(=O)OC(C)(C)C)cc1C(F)(F)F. The van der Waals surface area contributed by atoms with Gasteiger partial charge in [-0.3, -0.25) is 14.5 Å². The van der Waals surface area contributed by atoms with E-state index in [1.807, 2.05) is 0 Å². The van der Waals surface area contributed by atoms with Crippen LogP contribution in [0, 0.1) is 0 Å². The molecule has 0 fully saturated rings. The van der Waals surface area contributed by atoms with Gasteiger partial charge in [0.2, 0.25) is 5.91 Å². The van der Waals surface area contributed by atoms with Crippen LogP contribution in [0.5, 0.6) is 5.75 Å². The summed E-state index contributed by atoms with van der Waals surface area (Å²) >= 11 is 0. The summed E-state index contributed by atoms with van der Waals surface area (Å²) < 4.78 is 51.8. The number of nitrogens with zero attached hydrogens (tertiary/aromatic N) is 2. The van der Waals surface area contributed by atoms with Crippen molar-refractivity contribution in [1.29, 1.82) is 0 Å². The number of carbonyl (C=O) groups excluding carboxylic acids is 2. The quantitative estimate of drug-likeness (QED) is 0.401. The predicted octanol–water partition coefficient (Wildman–Crippen LogP) is 6.01. The van der Waals surface area contributed by atoms with Gasteiger partial charge in [-0.05, 0) is 74.1 Å². The largest absolute Gasteiger partial charge is 0.489 e. The van der Waals surface area contributed by atoms with Crippen molar-refractivity contribution < 1.29 is 42.1 Å². The first-order valence-electron chi connectivity index (χ1n) is 13.0. The molecular formula is C29H35F3N2O6. The number of hydrogen-bond acceptors (Lipinski definition) is 5. The fraction of sp³-hybridized carbons (Fsp3) is 0.483. The number of aliphatic carboxylic acids is 1. The number of benzene rings is 2. The molecule has 8 nitrogen and oxygen atoms in total. The highest BCUT2D eigenvalue weighted by atomic mass is 19.4. The lowest BCUT2D eigenvalue weighted by molar-refractivity contribution is -0.139. The molecule has 0 atom stereocenters. The van der Waals surface area contributed by atoms with Crippen LogP contribution in [-0.2, 0) is 33.5 Å². The van der Waals surface area contributed by atoms with E-state index in [-0.39, 0.29) is 37.6 Å². The Balaban J connectivity index is 1.70. The molecule has 40 heavy (non-hydrogen) atoms. The molecular weight excluding hydrogens is 529 g/mol. The Morgan fingerprint density at radius 1 is 1.07 bits per heavy atom. The summed E-state index contributed by atoms with van der Waals surface area (Å²) in [7, 11) is 0. The van der Waals surface area contributed by atoms with E-state index >= 15 is 0 Å². The third-order valence-electron chi connectivity index (χ3n) is 6.27. The topological polar surface area (TPSA) is 96.4 Å². The maximum absolute atomic E-state index is 13.6. The molecule has 0 unspecified atom stereocenters. The molecule has 0 radical (unpaired) electrons. The Morgan fingerprint density at radius 3 is 2.38 bits per heavy atom. The van der Waals surface area contributed by atoms with E-state index in [1.54, 1.807) is 58.9 Å². The summed E-state index contributed by atoms with van der Waals surface area (Å²) in [6, 6.07) is 9.28. The summed E-state index contributed by atoms with van der Waals surface area (Å²) in [6.07, 6.45) is -5.07. The van der Waals surface area contributed by atoms with Gasteiger partial charge in [0.1, 0.15) is 24.5 Å². The minimum absolute atomic E-state index is 0.0582. The third kappa shape index (κ3) is 8.12. The summed E-state index contributed by atoms with van der Waals surface area (Å²) in [5.74, 6) is -1.33. The predicted molar refractivity (Wildman–Crippen MR) is 142 cm³/mol. The van der Waals surface area contributed by atoms with Crippen molar-refractivity contribution in [2.45, 2.75) is 71.8 Å². The third-order valence-corrected chi connectivity index (χ3v) is 6.27. The van der Waals surface area contributed by atoms with Gasteiger partial charge < -0.3 is 19.5 Å². The lowest BCUT2D eigenvalue weighted by Crippen LogP contribution is -2.45. The highest BCUT2D eigenvalue weighted by Gasteiger charge is 2.34. The second kappa shape index (κ2) is 12.2. The Hall–Kier alpha value is -3.76. The zero-order chi connectivity index (χ0) is 29.8. The zero-order valence-corrected chi connectivity index (χ0v) is 23.3. The van der Waals surface area contributed by atoms with Crippen LogP contribution in [0.25, 0.3) is 0 Å².